The van der Waals surface area contributed by atoms with Crippen molar-refractivity contribution in [2.75, 3.05) is 0 Å². The van der Waals surface area contributed by atoms with Crippen LogP contribution in [0.5, 0.6) is 0 Å². The number of pyridine rings is 1. The zero-order valence-electron chi connectivity index (χ0n) is 15.4. The molecule has 148 valence electrons. The van der Waals surface area contributed by atoms with Crippen molar-refractivity contribution in [2.45, 2.75) is 25.0 Å². The van der Waals surface area contributed by atoms with Crippen LogP contribution in [0.1, 0.15) is 24.1 Å². The van der Waals surface area contributed by atoms with Crippen molar-refractivity contribution >= 4 is 26.8 Å². The summed E-state index contributed by atoms with van der Waals surface area (Å²) >= 11 is 3.43. The van der Waals surface area contributed by atoms with Crippen molar-refractivity contribution in [3.63, 3.8) is 0 Å². The maximum atomic E-state index is 14.7. The summed E-state index contributed by atoms with van der Waals surface area (Å²) in [4.78, 5) is 8.55. The molecule has 5 nitrogen and oxygen atoms in total. The van der Waals surface area contributed by atoms with Crippen LogP contribution in [0.2, 0.25) is 0 Å². The lowest BCUT2D eigenvalue weighted by Crippen LogP contribution is -2.38. The van der Waals surface area contributed by atoms with Gasteiger partial charge < -0.3 is 5.11 Å². The third-order valence-electron chi connectivity index (χ3n) is 5.10. The molecule has 0 amide bonds. The normalized spacial score (nSPS) is 14.7. The van der Waals surface area contributed by atoms with Gasteiger partial charge in [-0.05, 0) is 30.3 Å². The maximum absolute atomic E-state index is 14.7. The van der Waals surface area contributed by atoms with Gasteiger partial charge in [-0.25, -0.2) is 18.4 Å². The van der Waals surface area contributed by atoms with E-state index in [9.17, 15) is 13.9 Å². The zero-order valence-corrected chi connectivity index (χ0v) is 17.0. The first kappa shape index (κ1) is 19.6. The van der Waals surface area contributed by atoms with E-state index in [4.69, 9.17) is 0 Å². The van der Waals surface area contributed by atoms with Crippen LogP contribution < -0.4 is 0 Å². The smallest absolute Gasteiger partial charge is 0.137 e. The van der Waals surface area contributed by atoms with Gasteiger partial charge in [0.1, 0.15) is 29.9 Å². The van der Waals surface area contributed by atoms with Gasteiger partial charge in [-0.1, -0.05) is 35.0 Å². The number of rotatable bonds is 5. The Hall–Kier alpha value is -2.71. The van der Waals surface area contributed by atoms with Crippen molar-refractivity contribution in [3.8, 4) is 0 Å². The molecule has 2 heterocycles. The molecule has 29 heavy (non-hydrogen) atoms. The molecule has 0 bridgehead atoms. The molecule has 0 saturated heterocycles. The highest BCUT2D eigenvalue weighted by Gasteiger charge is 2.40. The molecule has 0 aliphatic heterocycles. The average molecular weight is 459 g/mol. The number of nitrogens with zero attached hydrogens (tertiary/aromatic N) is 4. The fraction of sp³-hybridized carbons (Fsp3) is 0.190. The zero-order chi connectivity index (χ0) is 20.6. The summed E-state index contributed by atoms with van der Waals surface area (Å²) in [6.45, 7) is 1.68. The summed E-state index contributed by atoms with van der Waals surface area (Å²) in [7, 11) is 0. The number of benzene rings is 2. The first-order valence-electron chi connectivity index (χ1n) is 8.93. The topological polar surface area (TPSA) is 63.8 Å². The average Bonchev–Trinajstić information content (AvgIpc) is 3.19. The van der Waals surface area contributed by atoms with E-state index in [-0.39, 0.29) is 12.1 Å². The van der Waals surface area contributed by atoms with Crippen LogP contribution in [0.4, 0.5) is 8.78 Å². The Bertz CT molecular complexity index is 1170. The van der Waals surface area contributed by atoms with E-state index < -0.39 is 23.2 Å². The summed E-state index contributed by atoms with van der Waals surface area (Å²) in [5.74, 6) is -2.17. The SMILES string of the molecule is CC(c1ccc2cc(Br)ccc2n1)C(O)(Cn1cncn1)c1ccc(F)cc1F. The van der Waals surface area contributed by atoms with E-state index in [0.717, 1.165) is 27.5 Å². The van der Waals surface area contributed by atoms with Crippen molar-refractivity contribution in [2.24, 2.45) is 0 Å². The van der Waals surface area contributed by atoms with Gasteiger partial charge in [0, 0.05) is 33.1 Å². The summed E-state index contributed by atoms with van der Waals surface area (Å²) in [6.07, 6.45) is 2.77. The van der Waals surface area contributed by atoms with Gasteiger partial charge in [-0.3, -0.25) is 4.98 Å². The van der Waals surface area contributed by atoms with Gasteiger partial charge in [0.15, 0.2) is 0 Å². The van der Waals surface area contributed by atoms with Crippen LogP contribution in [0.15, 0.2) is 65.7 Å². The second kappa shape index (κ2) is 7.61. The number of halogens is 3. The molecule has 1 N–H and O–H groups in total. The van der Waals surface area contributed by atoms with Crippen LogP contribution in [0.25, 0.3) is 10.9 Å². The molecule has 0 saturated carbocycles. The monoisotopic (exact) mass is 458 g/mol. The summed E-state index contributed by atoms with van der Waals surface area (Å²) in [5.41, 5.74) is -0.437. The van der Waals surface area contributed by atoms with Gasteiger partial charge in [0.2, 0.25) is 0 Å². The van der Waals surface area contributed by atoms with Crippen molar-refractivity contribution in [3.05, 3.63) is 88.6 Å². The van der Waals surface area contributed by atoms with Crippen molar-refractivity contribution < 1.29 is 13.9 Å². The first-order valence-corrected chi connectivity index (χ1v) is 9.72. The van der Waals surface area contributed by atoms with Crippen molar-refractivity contribution in [1.29, 1.82) is 0 Å². The molecule has 8 heteroatoms. The Labute approximate surface area is 174 Å². The van der Waals surface area contributed by atoms with Gasteiger partial charge in [-0.2, -0.15) is 5.10 Å². The summed E-state index contributed by atoms with van der Waals surface area (Å²) in [5, 5.41) is 16.6. The van der Waals surface area contributed by atoms with Crippen LogP contribution in [0, 0.1) is 11.6 Å². The van der Waals surface area contributed by atoms with Crippen LogP contribution >= 0.6 is 15.9 Å². The highest BCUT2D eigenvalue weighted by atomic mass is 79.9. The minimum atomic E-state index is -1.73. The number of aliphatic hydroxyl groups is 1. The highest BCUT2D eigenvalue weighted by molar-refractivity contribution is 9.10. The van der Waals surface area contributed by atoms with Crippen LogP contribution in [-0.4, -0.2) is 24.9 Å². The second-order valence-electron chi connectivity index (χ2n) is 6.94. The molecule has 0 fully saturated rings. The van der Waals surface area contributed by atoms with Gasteiger partial charge in [-0.15, -0.1) is 0 Å². The lowest BCUT2D eigenvalue weighted by molar-refractivity contribution is -0.0122. The third-order valence-corrected chi connectivity index (χ3v) is 5.59. The fourth-order valence-corrected chi connectivity index (χ4v) is 3.83. The standard InChI is InChI=1S/C21H17BrF2N4O/c1-13(19-6-2-14-8-15(22)3-7-20(14)27-19)21(29,10-28-12-25-11-26-28)17-5-4-16(23)9-18(17)24/h2-9,11-13,29H,10H2,1H3. The van der Waals surface area contributed by atoms with Gasteiger partial charge in [0.25, 0.3) is 0 Å². The largest absolute Gasteiger partial charge is 0.382 e. The minimum absolute atomic E-state index is 0.0281. The van der Waals surface area contributed by atoms with Gasteiger partial charge >= 0.3 is 0 Å². The van der Waals surface area contributed by atoms with E-state index in [1.807, 2.05) is 24.3 Å². The maximum Gasteiger partial charge on any atom is 0.137 e. The Kier molecular flexibility index (Phi) is 5.14. The second-order valence-corrected chi connectivity index (χ2v) is 7.85. The van der Waals surface area contributed by atoms with E-state index in [1.165, 1.54) is 23.4 Å². The Morgan fingerprint density at radius 1 is 1.14 bits per heavy atom. The molecular formula is C21H17BrF2N4O. The van der Waals surface area contributed by atoms with Crippen LogP contribution in [0.3, 0.4) is 0 Å². The van der Waals surface area contributed by atoms with Crippen LogP contribution in [-0.2, 0) is 12.1 Å². The number of aromatic nitrogens is 4. The molecule has 0 radical (unpaired) electrons. The Morgan fingerprint density at radius 3 is 2.69 bits per heavy atom. The number of hydrogen-bond donors (Lipinski definition) is 1. The predicted octanol–water partition coefficient (Wildman–Crippen LogP) is 4.56. The molecule has 0 spiro atoms. The molecule has 2 atom stereocenters. The Balaban J connectivity index is 1.82. The molecule has 0 aliphatic rings. The van der Waals surface area contributed by atoms with Gasteiger partial charge in [0.05, 0.1) is 12.1 Å². The lowest BCUT2D eigenvalue weighted by atomic mass is 9.79. The summed E-state index contributed by atoms with van der Waals surface area (Å²) in [6, 6.07) is 12.5. The molecule has 2 aromatic carbocycles. The predicted molar refractivity (Wildman–Crippen MR) is 108 cm³/mol. The molecule has 2 aromatic heterocycles. The summed E-state index contributed by atoms with van der Waals surface area (Å²) < 4.78 is 30.5. The quantitative estimate of drug-likeness (QED) is 0.476. The van der Waals surface area contributed by atoms with E-state index in [1.54, 1.807) is 13.0 Å². The van der Waals surface area contributed by atoms with E-state index >= 15 is 0 Å². The number of fused-ring (bicyclic) bond motifs is 1. The Morgan fingerprint density at radius 2 is 1.97 bits per heavy atom. The lowest BCUT2D eigenvalue weighted by Gasteiger charge is -2.34. The molecule has 4 aromatic rings. The number of hydrogen-bond acceptors (Lipinski definition) is 4. The van der Waals surface area contributed by atoms with E-state index in [2.05, 4.69) is 31.0 Å². The van der Waals surface area contributed by atoms with Crippen molar-refractivity contribution in [1.82, 2.24) is 19.7 Å². The first-order chi connectivity index (χ1) is 13.9. The van der Waals surface area contributed by atoms with E-state index in [0.29, 0.717) is 5.69 Å². The minimum Gasteiger partial charge on any atom is -0.382 e. The molecule has 0 aliphatic carbocycles. The fourth-order valence-electron chi connectivity index (χ4n) is 3.46. The highest BCUT2D eigenvalue weighted by Crippen LogP contribution is 2.39. The molecule has 2 unspecified atom stereocenters. The molecule has 4 rings (SSSR count). The third kappa shape index (κ3) is 3.77. The molecular weight excluding hydrogens is 442 g/mol.